The highest BCUT2D eigenvalue weighted by molar-refractivity contribution is 6.30. The summed E-state index contributed by atoms with van der Waals surface area (Å²) in [6, 6.07) is 0. The zero-order valence-electron chi connectivity index (χ0n) is 15.6. The molecule has 27 heavy (non-hydrogen) atoms. The number of alkyl halides is 1. The normalized spacial score (nSPS) is 27.1. The topological polar surface area (TPSA) is 90.2 Å². The zero-order chi connectivity index (χ0) is 19.6. The van der Waals surface area contributed by atoms with E-state index in [4.69, 9.17) is 16.6 Å². The van der Waals surface area contributed by atoms with Crippen LogP contribution >= 0.6 is 11.6 Å². The summed E-state index contributed by atoms with van der Waals surface area (Å²) >= 11 is 6.14. The molecule has 0 spiro atoms. The van der Waals surface area contributed by atoms with Crippen molar-refractivity contribution in [3.8, 4) is 0 Å². The Morgan fingerprint density at radius 2 is 2.26 bits per heavy atom. The predicted octanol–water partition coefficient (Wildman–Crippen LogP) is 1.87. The van der Waals surface area contributed by atoms with Crippen LogP contribution < -0.4 is 16.0 Å². The molecule has 3 rings (SSSR count). The number of halogens is 2. The zero-order valence-corrected chi connectivity index (χ0v) is 16.3. The van der Waals surface area contributed by atoms with Gasteiger partial charge < -0.3 is 10.6 Å². The first-order valence-corrected chi connectivity index (χ1v) is 9.33. The van der Waals surface area contributed by atoms with Crippen LogP contribution in [0.2, 0.25) is 0 Å². The molecule has 0 aromatic heterocycles. The molecular formula is C18H24ClFN6O. The number of nitrogens with zero attached hydrogens (tertiary/aromatic N) is 3. The summed E-state index contributed by atoms with van der Waals surface area (Å²) in [4.78, 5) is 25.8. The van der Waals surface area contributed by atoms with Gasteiger partial charge in [-0.2, -0.15) is 0 Å². The van der Waals surface area contributed by atoms with E-state index in [1.54, 1.807) is 20.0 Å². The molecule has 3 aliphatic heterocycles. The number of carbonyl (C=O) groups excluding carboxylic acids is 1. The third kappa shape index (κ3) is 4.27. The van der Waals surface area contributed by atoms with Crippen LogP contribution in [0.25, 0.3) is 0 Å². The highest BCUT2D eigenvalue weighted by Crippen LogP contribution is 2.32. The van der Waals surface area contributed by atoms with Crippen molar-refractivity contribution in [2.75, 3.05) is 13.2 Å². The van der Waals surface area contributed by atoms with Crippen molar-refractivity contribution in [1.29, 1.82) is 0 Å². The molecule has 0 aliphatic carbocycles. The van der Waals surface area contributed by atoms with Crippen molar-refractivity contribution in [3.63, 3.8) is 0 Å². The van der Waals surface area contributed by atoms with E-state index in [9.17, 15) is 9.18 Å². The molecule has 3 N–H and O–H groups in total. The van der Waals surface area contributed by atoms with Crippen molar-refractivity contribution in [2.24, 2.45) is 26.8 Å². The second kappa shape index (κ2) is 7.90. The maximum absolute atomic E-state index is 12.3. The summed E-state index contributed by atoms with van der Waals surface area (Å²) in [7, 11) is 0. The van der Waals surface area contributed by atoms with Crippen molar-refractivity contribution in [1.82, 2.24) is 16.0 Å². The maximum Gasteiger partial charge on any atom is 0.239 e. The van der Waals surface area contributed by atoms with Gasteiger partial charge in [0.05, 0.1) is 11.5 Å². The van der Waals surface area contributed by atoms with E-state index in [0.29, 0.717) is 17.3 Å². The first-order valence-electron chi connectivity index (χ1n) is 8.95. The van der Waals surface area contributed by atoms with E-state index in [0.717, 1.165) is 11.4 Å². The Bertz CT molecular complexity index is 770. The van der Waals surface area contributed by atoms with Gasteiger partial charge in [0.15, 0.2) is 5.84 Å². The third-order valence-electron chi connectivity index (χ3n) is 4.73. The SMILES string of the molecule is CC1C=NC(C2=CNC3=NC=C(Cl)C[C@@H]23)=NC1NC(C)(C)C(=O)NCCF. The Labute approximate surface area is 163 Å². The smallest absolute Gasteiger partial charge is 0.239 e. The average molecular weight is 395 g/mol. The summed E-state index contributed by atoms with van der Waals surface area (Å²) in [6.07, 6.45) is 5.65. The monoisotopic (exact) mass is 394 g/mol. The van der Waals surface area contributed by atoms with Crippen molar-refractivity contribution in [2.45, 2.75) is 38.9 Å². The van der Waals surface area contributed by atoms with Crippen LogP contribution in [0.5, 0.6) is 0 Å². The van der Waals surface area contributed by atoms with Gasteiger partial charge in [-0.25, -0.2) is 19.4 Å². The number of rotatable bonds is 6. The first kappa shape index (κ1) is 19.7. The number of amides is 1. The fourth-order valence-electron chi connectivity index (χ4n) is 3.12. The van der Waals surface area contributed by atoms with Crippen LogP contribution in [0.3, 0.4) is 0 Å². The van der Waals surface area contributed by atoms with Gasteiger partial charge in [0, 0.05) is 41.7 Å². The van der Waals surface area contributed by atoms with Gasteiger partial charge in [0.25, 0.3) is 0 Å². The van der Waals surface area contributed by atoms with Crippen LogP contribution in [-0.4, -0.2) is 48.7 Å². The average Bonchev–Trinajstić information content (AvgIpc) is 3.04. The lowest BCUT2D eigenvalue weighted by molar-refractivity contribution is -0.126. The molecule has 2 unspecified atom stereocenters. The summed E-state index contributed by atoms with van der Waals surface area (Å²) in [5, 5.41) is 9.67. The molecule has 0 aromatic rings. The molecule has 0 radical (unpaired) electrons. The highest BCUT2D eigenvalue weighted by atomic mass is 35.5. The number of allylic oxidation sites excluding steroid dienone is 1. The Balaban J connectivity index is 1.75. The second-order valence-corrected chi connectivity index (χ2v) is 7.83. The molecule has 0 bridgehead atoms. The van der Waals surface area contributed by atoms with Crippen LogP contribution in [0.15, 0.2) is 38.0 Å². The Morgan fingerprint density at radius 1 is 1.48 bits per heavy atom. The minimum absolute atomic E-state index is 0.0000560. The van der Waals surface area contributed by atoms with Crippen molar-refractivity contribution < 1.29 is 9.18 Å². The lowest BCUT2D eigenvalue weighted by Crippen LogP contribution is -2.57. The first-order chi connectivity index (χ1) is 12.8. The number of fused-ring (bicyclic) bond motifs is 1. The molecule has 0 aromatic carbocycles. The lowest BCUT2D eigenvalue weighted by Gasteiger charge is -2.32. The predicted molar refractivity (Wildman–Crippen MR) is 106 cm³/mol. The maximum atomic E-state index is 12.3. The van der Waals surface area contributed by atoms with E-state index in [1.807, 2.05) is 19.3 Å². The Hall–Kier alpha value is -2.06. The molecule has 0 fully saturated rings. The molecule has 0 saturated carbocycles. The fraction of sp³-hybridized carbons (Fsp3) is 0.556. The number of hydrogen-bond donors (Lipinski definition) is 3. The van der Waals surface area contributed by atoms with E-state index in [2.05, 4.69) is 25.9 Å². The van der Waals surface area contributed by atoms with Crippen molar-refractivity contribution >= 4 is 35.4 Å². The Morgan fingerprint density at radius 3 is 3.00 bits per heavy atom. The molecule has 3 aliphatic rings. The number of hydrogen-bond acceptors (Lipinski definition) is 6. The van der Waals surface area contributed by atoms with Gasteiger partial charge in [-0.3, -0.25) is 10.1 Å². The van der Waals surface area contributed by atoms with E-state index >= 15 is 0 Å². The molecule has 1 amide bonds. The van der Waals surface area contributed by atoms with Gasteiger partial charge in [0.2, 0.25) is 5.91 Å². The summed E-state index contributed by atoms with van der Waals surface area (Å²) in [5.74, 6) is 1.17. The van der Waals surface area contributed by atoms with Gasteiger partial charge in [0.1, 0.15) is 18.7 Å². The number of aliphatic imine (C=N–C) groups is 3. The van der Waals surface area contributed by atoms with Crippen LogP contribution in [-0.2, 0) is 4.79 Å². The number of carbonyl (C=O) groups is 1. The third-order valence-corrected chi connectivity index (χ3v) is 4.98. The summed E-state index contributed by atoms with van der Waals surface area (Å²) < 4.78 is 12.3. The van der Waals surface area contributed by atoms with E-state index < -0.39 is 12.2 Å². The largest absolute Gasteiger partial charge is 0.352 e. The molecule has 146 valence electrons. The molecule has 7 nitrogen and oxygen atoms in total. The lowest BCUT2D eigenvalue weighted by atomic mass is 9.94. The minimum atomic E-state index is -0.903. The minimum Gasteiger partial charge on any atom is -0.352 e. The standard InChI is InChI=1S/C18H24ClFN6O/c1-10-7-22-16(13-9-24-15-12(13)6-11(19)8-23-15)25-14(10)26-18(2,3)17(27)21-5-4-20/h7-10,12,14,26H,4-6H2,1-3H3,(H,21,27)(H,23,24)/t10?,12-,14?/m0/s1. The molecule has 9 heteroatoms. The molecular weight excluding hydrogens is 371 g/mol. The summed E-state index contributed by atoms with van der Waals surface area (Å²) in [5.41, 5.74) is 0.0225. The van der Waals surface area contributed by atoms with Crippen LogP contribution in [0, 0.1) is 11.8 Å². The molecule has 3 atom stereocenters. The van der Waals surface area contributed by atoms with Gasteiger partial charge >= 0.3 is 0 Å². The van der Waals surface area contributed by atoms with Crippen LogP contribution in [0.4, 0.5) is 4.39 Å². The van der Waals surface area contributed by atoms with E-state index in [1.165, 1.54) is 0 Å². The Kier molecular flexibility index (Phi) is 5.76. The van der Waals surface area contributed by atoms with Gasteiger partial charge in [-0.05, 0) is 20.3 Å². The molecule has 0 saturated heterocycles. The number of nitrogens with one attached hydrogen (secondary N) is 3. The van der Waals surface area contributed by atoms with Crippen molar-refractivity contribution in [3.05, 3.63) is 23.0 Å². The molecule has 3 heterocycles. The van der Waals surface area contributed by atoms with Gasteiger partial charge in [-0.1, -0.05) is 18.5 Å². The summed E-state index contributed by atoms with van der Waals surface area (Å²) in [6.45, 7) is 4.88. The van der Waals surface area contributed by atoms with Gasteiger partial charge in [-0.15, -0.1) is 0 Å². The second-order valence-electron chi connectivity index (χ2n) is 7.34. The van der Waals surface area contributed by atoms with E-state index in [-0.39, 0.29) is 30.5 Å². The fourth-order valence-corrected chi connectivity index (χ4v) is 3.33. The quantitative estimate of drug-likeness (QED) is 0.642. The highest BCUT2D eigenvalue weighted by Gasteiger charge is 2.36. The number of amidine groups is 2. The van der Waals surface area contributed by atoms with Crippen LogP contribution in [0.1, 0.15) is 27.2 Å².